The third-order valence-corrected chi connectivity index (χ3v) is 4.07. The Kier molecular flexibility index (Phi) is 5.84. The van der Waals surface area contributed by atoms with Crippen LogP contribution in [0.2, 0.25) is 0 Å². The van der Waals surface area contributed by atoms with Crippen molar-refractivity contribution in [1.82, 2.24) is 0 Å². The predicted octanol–water partition coefficient (Wildman–Crippen LogP) is 3.58. The van der Waals surface area contributed by atoms with Crippen molar-refractivity contribution in [2.45, 2.75) is 19.3 Å². The van der Waals surface area contributed by atoms with Gasteiger partial charge in [-0.1, -0.05) is 6.07 Å². The lowest BCUT2D eigenvalue weighted by molar-refractivity contribution is -0.117. The van der Waals surface area contributed by atoms with Crippen LogP contribution in [-0.2, 0) is 9.53 Å². The summed E-state index contributed by atoms with van der Waals surface area (Å²) < 4.78 is 23.5. The second-order valence-corrected chi connectivity index (χ2v) is 5.99. The Morgan fingerprint density at radius 2 is 1.92 bits per heavy atom. The van der Waals surface area contributed by atoms with Crippen LogP contribution in [0.25, 0.3) is 0 Å². The highest BCUT2D eigenvalue weighted by Gasteiger charge is 2.22. The van der Waals surface area contributed by atoms with E-state index >= 15 is 0 Å². The second-order valence-electron chi connectivity index (χ2n) is 5.99. The summed E-state index contributed by atoms with van der Waals surface area (Å²) in [6, 6.07) is 12.7. The monoisotopic (exact) mass is 357 g/mol. The van der Waals surface area contributed by atoms with E-state index < -0.39 is 5.97 Å². The Morgan fingerprint density at radius 1 is 1.12 bits per heavy atom. The number of esters is 1. The average Bonchev–Trinajstić information content (AvgIpc) is 3.09. The molecule has 0 saturated carbocycles. The predicted molar refractivity (Wildman–Crippen MR) is 94.8 cm³/mol. The Bertz CT molecular complexity index is 776. The fraction of sp³-hybridized carbons (Fsp3) is 0.300. The molecule has 0 N–H and O–H groups in total. The molecule has 0 atom stereocenters. The largest absolute Gasteiger partial charge is 0.493 e. The maximum absolute atomic E-state index is 12.8. The second kappa shape index (κ2) is 8.47. The number of halogens is 1. The van der Waals surface area contributed by atoms with Gasteiger partial charge in [0.15, 0.2) is 0 Å². The number of rotatable bonds is 7. The van der Waals surface area contributed by atoms with Gasteiger partial charge < -0.3 is 14.4 Å². The van der Waals surface area contributed by atoms with E-state index in [4.69, 9.17) is 9.47 Å². The van der Waals surface area contributed by atoms with E-state index in [-0.39, 0.29) is 18.3 Å². The number of carbonyl (C=O) groups excluding carboxylic acids is 2. The summed E-state index contributed by atoms with van der Waals surface area (Å²) in [5.74, 6) is -0.0985. The standard InChI is InChI=1S/C20H20FNO4/c21-16-7-9-18(10-8-16)25-12-3-13-26-20(24)15-4-1-5-17(14-15)22-11-2-6-19(22)23/h1,4-5,7-10,14H,2-3,6,11-13H2. The molecule has 2 aromatic carbocycles. The van der Waals surface area contributed by atoms with Gasteiger partial charge >= 0.3 is 5.97 Å². The summed E-state index contributed by atoms with van der Waals surface area (Å²) in [6.45, 7) is 1.26. The van der Waals surface area contributed by atoms with E-state index in [0.29, 0.717) is 37.3 Å². The van der Waals surface area contributed by atoms with Gasteiger partial charge in [0.1, 0.15) is 11.6 Å². The van der Waals surface area contributed by atoms with Crippen molar-refractivity contribution >= 4 is 17.6 Å². The van der Waals surface area contributed by atoms with Crippen LogP contribution in [-0.4, -0.2) is 31.6 Å². The number of hydrogen-bond donors (Lipinski definition) is 0. The molecule has 1 heterocycles. The van der Waals surface area contributed by atoms with Crippen LogP contribution in [0, 0.1) is 5.82 Å². The summed E-state index contributed by atoms with van der Waals surface area (Å²) in [7, 11) is 0. The van der Waals surface area contributed by atoms with Gasteiger partial charge in [0, 0.05) is 25.1 Å². The molecule has 0 aliphatic carbocycles. The summed E-state index contributed by atoms with van der Waals surface area (Å²) in [6.07, 6.45) is 1.90. The highest BCUT2D eigenvalue weighted by atomic mass is 19.1. The molecule has 1 aliphatic rings. The maximum Gasteiger partial charge on any atom is 0.338 e. The van der Waals surface area contributed by atoms with Crippen molar-refractivity contribution in [3.8, 4) is 5.75 Å². The minimum absolute atomic E-state index is 0.0773. The molecular weight excluding hydrogens is 337 g/mol. The highest BCUT2D eigenvalue weighted by molar-refractivity contribution is 5.97. The van der Waals surface area contributed by atoms with Crippen LogP contribution < -0.4 is 9.64 Å². The van der Waals surface area contributed by atoms with E-state index in [2.05, 4.69) is 0 Å². The number of benzene rings is 2. The number of nitrogens with zero attached hydrogens (tertiary/aromatic N) is 1. The fourth-order valence-electron chi connectivity index (χ4n) is 2.75. The molecule has 3 rings (SSSR count). The Balaban J connectivity index is 1.44. The van der Waals surface area contributed by atoms with Crippen LogP contribution in [0.5, 0.6) is 5.75 Å². The average molecular weight is 357 g/mol. The fourth-order valence-corrected chi connectivity index (χ4v) is 2.75. The van der Waals surface area contributed by atoms with Gasteiger partial charge in [0.2, 0.25) is 5.91 Å². The normalized spacial score (nSPS) is 13.7. The zero-order valence-corrected chi connectivity index (χ0v) is 14.3. The first-order valence-corrected chi connectivity index (χ1v) is 8.59. The van der Waals surface area contributed by atoms with Crippen LogP contribution in [0.4, 0.5) is 10.1 Å². The Labute approximate surface area is 151 Å². The molecule has 5 nitrogen and oxygen atoms in total. The molecule has 1 amide bonds. The smallest absolute Gasteiger partial charge is 0.338 e. The van der Waals surface area contributed by atoms with Crippen molar-refractivity contribution in [2.24, 2.45) is 0 Å². The maximum atomic E-state index is 12.8. The van der Waals surface area contributed by atoms with Crippen LogP contribution >= 0.6 is 0 Å². The molecule has 0 unspecified atom stereocenters. The van der Waals surface area contributed by atoms with E-state index in [1.54, 1.807) is 35.2 Å². The van der Waals surface area contributed by atoms with Crippen molar-refractivity contribution in [2.75, 3.05) is 24.7 Å². The summed E-state index contributed by atoms with van der Waals surface area (Å²) in [5, 5.41) is 0. The van der Waals surface area contributed by atoms with Gasteiger partial charge in [0.05, 0.1) is 18.8 Å². The first kappa shape index (κ1) is 17.9. The van der Waals surface area contributed by atoms with E-state index in [0.717, 1.165) is 12.1 Å². The zero-order chi connectivity index (χ0) is 18.4. The Hall–Kier alpha value is -2.89. The van der Waals surface area contributed by atoms with Gasteiger partial charge in [0.25, 0.3) is 0 Å². The molecule has 2 aromatic rings. The Morgan fingerprint density at radius 3 is 2.65 bits per heavy atom. The lowest BCUT2D eigenvalue weighted by Gasteiger charge is -2.16. The molecule has 0 radical (unpaired) electrons. The van der Waals surface area contributed by atoms with Gasteiger partial charge in [-0.15, -0.1) is 0 Å². The van der Waals surface area contributed by atoms with Gasteiger partial charge in [-0.05, 0) is 48.9 Å². The van der Waals surface area contributed by atoms with Gasteiger partial charge in [-0.2, -0.15) is 0 Å². The highest BCUT2D eigenvalue weighted by Crippen LogP contribution is 2.22. The molecule has 1 aliphatic heterocycles. The van der Waals surface area contributed by atoms with Gasteiger partial charge in [-0.3, -0.25) is 4.79 Å². The summed E-state index contributed by atoms with van der Waals surface area (Å²) in [4.78, 5) is 25.7. The number of carbonyl (C=O) groups is 2. The lowest BCUT2D eigenvalue weighted by atomic mass is 10.2. The molecule has 1 fully saturated rings. The molecule has 136 valence electrons. The molecular formula is C20H20FNO4. The molecule has 26 heavy (non-hydrogen) atoms. The first-order chi connectivity index (χ1) is 12.6. The molecule has 1 saturated heterocycles. The van der Waals surface area contributed by atoms with Crippen LogP contribution in [0.1, 0.15) is 29.6 Å². The van der Waals surface area contributed by atoms with Crippen LogP contribution in [0.15, 0.2) is 48.5 Å². The molecule has 6 heteroatoms. The third-order valence-electron chi connectivity index (χ3n) is 4.07. The number of hydrogen-bond acceptors (Lipinski definition) is 4. The molecule has 0 spiro atoms. The van der Waals surface area contributed by atoms with Crippen molar-refractivity contribution in [3.05, 3.63) is 59.9 Å². The zero-order valence-electron chi connectivity index (χ0n) is 14.3. The lowest BCUT2D eigenvalue weighted by Crippen LogP contribution is -2.23. The van der Waals surface area contributed by atoms with Crippen molar-refractivity contribution < 1.29 is 23.5 Å². The van der Waals surface area contributed by atoms with Crippen molar-refractivity contribution in [3.63, 3.8) is 0 Å². The number of anilines is 1. The number of ether oxygens (including phenoxy) is 2. The van der Waals surface area contributed by atoms with Crippen LogP contribution in [0.3, 0.4) is 0 Å². The van der Waals surface area contributed by atoms with E-state index in [9.17, 15) is 14.0 Å². The summed E-state index contributed by atoms with van der Waals surface area (Å²) >= 11 is 0. The van der Waals surface area contributed by atoms with E-state index in [1.807, 2.05) is 6.07 Å². The first-order valence-electron chi connectivity index (χ1n) is 8.59. The molecule has 0 bridgehead atoms. The SMILES string of the molecule is O=C(OCCCOc1ccc(F)cc1)c1cccc(N2CCCC2=O)c1. The molecule has 0 aromatic heterocycles. The van der Waals surface area contributed by atoms with Crippen molar-refractivity contribution in [1.29, 1.82) is 0 Å². The van der Waals surface area contributed by atoms with Gasteiger partial charge in [-0.25, -0.2) is 9.18 Å². The number of amides is 1. The minimum Gasteiger partial charge on any atom is -0.493 e. The summed E-state index contributed by atoms with van der Waals surface area (Å²) in [5.41, 5.74) is 1.14. The quantitative estimate of drug-likeness (QED) is 0.561. The minimum atomic E-state index is -0.430. The van der Waals surface area contributed by atoms with E-state index in [1.165, 1.54) is 12.1 Å². The third kappa shape index (κ3) is 4.59. The topological polar surface area (TPSA) is 55.8 Å².